The van der Waals surface area contributed by atoms with Crippen LogP contribution in [-0.4, -0.2) is 13.0 Å². The van der Waals surface area contributed by atoms with Crippen LogP contribution in [0.25, 0.3) is 5.32 Å². The topological polar surface area (TPSA) is 31.2 Å². The van der Waals surface area contributed by atoms with Crippen molar-refractivity contribution in [2.75, 3.05) is 7.05 Å². The first-order valence-corrected chi connectivity index (χ1v) is 2.37. The first-order chi connectivity index (χ1) is 3.27. The van der Waals surface area contributed by atoms with Gasteiger partial charge in [-0.25, -0.2) is 0 Å². The molecule has 0 saturated carbocycles. The second-order valence-corrected chi connectivity index (χ2v) is 0.743. The minimum Gasteiger partial charge on any atom is -0.656 e. The van der Waals surface area contributed by atoms with Crippen molar-refractivity contribution in [2.45, 2.75) is 20.8 Å². The molecule has 0 spiro atoms. The van der Waals surface area contributed by atoms with Crippen molar-refractivity contribution in [3.8, 4) is 0 Å². The Hall–Kier alpha value is 0.132. The number of carbonyl (C=O) groups excluding carboxylic acids is 1. The van der Waals surface area contributed by atoms with E-state index in [1.807, 2.05) is 13.8 Å². The molecular formula is C5H12NORe-. The van der Waals surface area contributed by atoms with E-state index in [2.05, 4.69) is 5.32 Å². The van der Waals surface area contributed by atoms with Crippen LogP contribution in [0, 0.1) is 0 Å². The van der Waals surface area contributed by atoms with E-state index in [-0.39, 0.29) is 26.3 Å². The average molecular weight is 288 g/mol. The van der Waals surface area contributed by atoms with Gasteiger partial charge >= 0.3 is 0 Å². The molecule has 51 valence electrons. The van der Waals surface area contributed by atoms with Crippen LogP contribution in [0.5, 0.6) is 0 Å². The molecule has 0 aliphatic heterocycles. The molecule has 0 aromatic heterocycles. The monoisotopic (exact) mass is 289 g/mol. The summed E-state index contributed by atoms with van der Waals surface area (Å²) < 4.78 is 0. The van der Waals surface area contributed by atoms with Gasteiger partial charge in [-0.05, 0) is 6.92 Å². The van der Waals surface area contributed by atoms with Gasteiger partial charge in [-0.1, -0.05) is 13.8 Å². The maximum Gasteiger partial charge on any atom is 0.0478 e. The SMILES string of the molecule is CC.C[N-]C(C)=O.[Re]. The van der Waals surface area contributed by atoms with Crippen LogP contribution in [0.3, 0.4) is 0 Å². The second-order valence-electron chi connectivity index (χ2n) is 0.743. The predicted molar refractivity (Wildman–Crippen MR) is 31.3 cm³/mol. The van der Waals surface area contributed by atoms with Gasteiger partial charge in [0.25, 0.3) is 0 Å². The average Bonchev–Trinajstić information content (AvgIpc) is 1.73. The largest absolute Gasteiger partial charge is 0.656 e. The van der Waals surface area contributed by atoms with Crippen molar-refractivity contribution in [3.63, 3.8) is 0 Å². The summed E-state index contributed by atoms with van der Waals surface area (Å²) in [7, 11) is 1.47. The maximum atomic E-state index is 9.65. The molecule has 0 fully saturated rings. The van der Waals surface area contributed by atoms with Crippen LogP contribution >= 0.6 is 0 Å². The van der Waals surface area contributed by atoms with Crippen molar-refractivity contribution < 1.29 is 25.2 Å². The number of carbonyl (C=O) groups is 1. The molecule has 0 aliphatic carbocycles. The summed E-state index contributed by atoms with van der Waals surface area (Å²) in [4.78, 5) is 9.65. The molecule has 0 N–H and O–H groups in total. The van der Waals surface area contributed by atoms with Crippen LogP contribution in [0.2, 0.25) is 0 Å². The molecule has 8 heavy (non-hydrogen) atoms. The zero-order valence-electron chi connectivity index (χ0n) is 5.73. The van der Waals surface area contributed by atoms with E-state index in [0.717, 1.165) is 0 Å². The summed E-state index contributed by atoms with van der Waals surface area (Å²) in [5.41, 5.74) is 0. The van der Waals surface area contributed by atoms with Crippen LogP contribution < -0.4 is 0 Å². The molecule has 0 atom stereocenters. The third-order valence-corrected chi connectivity index (χ3v) is 0.315. The van der Waals surface area contributed by atoms with E-state index in [1.54, 1.807) is 0 Å². The molecular weight excluding hydrogens is 276 g/mol. The third-order valence-electron chi connectivity index (χ3n) is 0.315. The summed E-state index contributed by atoms with van der Waals surface area (Å²) in [6.45, 7) is 5.42. The van der Waals surface area contributed by atoms with E-state index in [4.69, 9.17) is 0 Å². The Balaban J connectivity index is -0.0000000750. The van der Waals surface area contributed by atoms with Crippen molar-refractivity contribution in [1.82, 2.24) is 0 Å². The Labute approximate surface area is 64.7 Å². The molecule has 0 unspecified atom stereocenters. The molecule has 0 saturated heterocycles. The van der Waals surface area contributed by atoms with Gasteiger partial charge in [0, 0.05) is 26.3 Å². The predicted octanol–water partition coefficient (Wildman–Crippen LogP) is 1.56. The van der Waals surface area contributed by atoms with Gasteiger partial charge < -0.3 is 10.1 Å². The number of rotatable bonds is 0. The van der Waals surface area contributed by atoms with E-state index in [1.165, 1.54) is 14.0 Å². The normalized spacial score (nSPS) is 5.00. The van der Waals surface area contributed by atoms with Crippen LogP contribution in [0.15, 0.2) is 0 Å². The summed E-state index contributed by atoms with van der Waals surface area (Å²) in [6, 6.07) is 0. The zero-order valence-corrected chi connectivity index (χ0v) is 8.45. The number of hydrogen-bond acceptors (Lipinski definition) is 1. The van der Waals surface area contributed by atoms with Gasteiger partial charge in [-0.3, -0.25) is 0 Å². The maximum absolute atomic E-state index is 9.65. The molecule has 1 amide bonds. The van der Waals surface area contributed by atoms with Crippen molar-refractivity contribution >= 4 is 5.91 Å². The van der Waals surface area contributed by atoms with Crippen molar-refractivity contribution in [3.05, 3.63) is 5.32 Å². The molecule has 0 bridgehead atoms. The molecule has 0 aliphatic rings. The fourth-order valence-electron chi connectivity index (χ4n) is 0. The standard InChI is InChI=1S/C3H7NO.C2H6.Re/c1-3(5)4-2;1-2;/h1-2H3,(H,4,5);1-2H3;/p-1. The van der Waals surface area contributed by atoms with E-state index in [9.17, 15) is 4.79 Å². The van der Waals surface area contributed by atoms with Gasteiger partial charge in [0.15, 0.2) is 0 Å². The smallest absolute Gasteiger partial charge is 0.0478 e. The number of nitrogens with zero attached hydrogens (tertiary/aromatic N) is 1. The zero-order chi connectivity index (χ0) is 6.28. The van der Waals surface area contributed by atoms with Crippen LogP contribution in [0.1, 0.15) is 20.8 Å². The minimum absolute atomic E-state index is 0. The van der Waals surface area contributed by atoms with E-state index < -0.39 is 0 Å². The summed E-state index contributed by atoms with van der Waals surface area (Å²) in [5, 5.41) is 3.25. The molecule has 0 rings (SSSR count). The molecule has 0 heterocycles. The quantitative estimate of drug-likeness (QED) is 0.665. The second kappa shape index (κ2) is 15.7. The van der Waals surface area contributed by atoms with Gasteiger partial charge in [0.05, 0.1) is 0 Å². The molecule has 3 heteroatoms. The van der Waals surface area contributed by atoms with Gasteiger partial charge in [-0.2, -0.15) is 0 Å². The first-order valence-electron chi connectivity index (χ1n) is 2.37. The number of amides is 1. The van der Waals surface area contributed by atoms with Gasteiger partial charge in [0.2, 0.25) is 0 Å². The minimum atomic E-state index is -0.120. The molecule has 1 radical (unpaired) electrons. The van der Waals surface area contributed by atoms with Crippen molar-refractivity contribution in [1.29, 1.82) is 0 Å². The van der Waals surface area contributed by atoms with Gasteiger partial charge in [0.1, 0.15) is 0 Å². The Morgan fingerprint density at radius 2 is 1.50 bits per heavy atom. The summed E-state index contributed by atoms with van der Waals surface area (Å²) in [6.07, 6.45) is 0. The molecule has 0 aromatic carbocycles. The summed E-state index contributed by atoms with van der Waals surface area (Å²) in [5.74, 6) is -0.120. The fraction of sp³-hybridized carbons (Fsp3) is 0.800. The van der Waals surface area contributed by atoms with Gasteiger partial charge in [-0.15, -0.1) is 7.05 Å². The number of hydrogen-bond donors (Lipinski definition) is 0. The Morgan fingerprint density at radius 3 is 1.50 bits per heavy atom. The Bertz CT molecular complexity index is 47.7. The van der Waals surface area contributed by atoms with E-state index in [0.29, 0.717) is 0 Å². The Kier molecular flexibility index (Phi) is 30.8. The molecule has 2 nitrogen and oxygen atoms in total. The van der Waals surface area contributed by atoms with Crippen molar-refractivity contribution in [2.24, 2.45) is 0 Å². The fourth-order valence-corrected chi connectivity index (χ4v) is 0. The Morgan fingerprint density at radius 1 is 1.38 bits per heavy atom. The first kappa shape index (κ1) is 15.7. The summed E-state index contributed by atoms with van der Waals surface area (Å²) >= 11 is 0. The van der Waals surface area contributed by atoms with Crippen LogP contribution in [-0.2, 0) is 25.2 Å². The molecule has 0 aromatic rings. The third kappa shape index (κ3) is 35.5. The van der Waals surface area contributed by atoms with Crippen LogP contribution in [0.4, 0.5) is 0 Å². The van der Waals surface area contributed by atoms with E-state index >= 15 is 0 Å².